The number of carbonyl (C=O) groups is 1. The minimum Gasteiger partial charge on any atom is -0.467 e. The summed E-state index contributed by atoms with van der Waals surface area (Å²) in [5.41, 5.74) is 0.863. The summed E-state index contributed by atoms with van der Waals surface area (Å²) < 4.78 is 5.22. The van der Waals surface area contributed by atoms with Crippen molar-refractivity contribution in [3.8, 4) is 0 Å². The average Bonchev–Trinajstić information content (AvgIpc) is 3.16. The minimum absolute atomic E-state index is 0.00298. The second kappa shape index (κ2) is 6.18. The Morgan fingerprint density at radius 3 is 3.19 bits per heavy atom. The van der Waals surface area contributed by atoms with Gasteiger partial charge in [0.25, 0.3) is 0 Å². The molecule has 0 spiro atoms. The SMILES string of the molecule is O=C(NCc1ccco1)C1CCCN1c1ccncc1Cl. The summed E-state index contributed by atoms with van der Waals surface area (Å²) in [7, 11) is 0. The molecule has 5 nitrogen and oxygen atoms in total. The Morgan fingerprint density at radius 1 is 1.52 bits per heavy atom. The van der Waals surface area contributed by atoms with E-state index in [2.05, 4.69) is 10.3 Å². The van der Waals surface area contributed by atoms with Gasteiger partial charge in [-0.3, -0.25) is 9.78 Å². The van der Waals surface area contributed by atoms with E-state index in [9.17, 15) is 4.79 Å². The van der Waals surface area contributed by atoms with Crippen molar-refractivity contribution in [1.29, 1.82) is 0 Å². The van der Waals surface area contributed by atoms with Crippen molar-refractivity contribution in [2.24, 2.45) is 0 Å². The van der Waals surface area contributed by atoms with Gasteiger partial charge in [0.2, 0.25) is 5.91 Å². The zero-order valence-corrected chi connectivity index (χ0v) is 12.2. The summed E-state index contributed by atoms with van der Waals surface area (Å²) in [5.74, 6) is 0.742. The van der Waals surface area contributed by atoms with Crippen molar-refractivity contribution in [1.82, 2.24) is 10.3 Å². The highest BCUT2D eigenvalue weighted by Gasteiger charge is 2.31. The van der Waals surface area contributed by atoms with E-state index in [1.54, 1.807) is 24.7 Å². The molecule has 1 aliphatic rings. The highest BCUT2D eigenvalue weighted by atomic mass is 35.5. The molecule has 110 valence electrons. The Balaban J connectivity index is 1.69. The zero-order valence-electron chi connectivity index (χ0n) is 11.5. The van der Waals surface area contributed by atoms with E-state index in [1.165, 1.54) is 0 Å². The van der Waals surface area contributed by atoms with E-state index in [0.29, 0.717) is 11.6 Å². The van der Waals surface area contributed by atoms with Crippen LogP contribution in [0.15, 0.2) is 41.3 Å². The van der Waals surface area contributed by atoms with Gasteiger partial charge in [0, 0.05) is 18.9 Å². The van der Waals surface area contributed by atoms with Gasteiger partial charge in [-0.15, -0.1) is 0 Å². The Kier molecular flexibility index (Phi) is 4.10. The van der Waals surface area contributed by atoms with Gasteiger partial charge in [-0.1, -0.05) is 11.6 Å². The topological polar surface area (TPSA) is 58.4 Å². The van der Waals surface area contributed by atoms with Gasteiger partial charge in [0.1, 0.15) is 11.8 Å². The predicted octanol–water partition coefficient (Wildman–Crippen LogP) is 2.61. The normalized spacial score (nSPS) is 18.0. The first-order valence-electron chi connectivity index (χ1n) is 6.92. The molecule has 6 heteroatoms. The second-order valence-electron chi connectivity index (χ2n) is 4.98. The summed E-state index contributed by atoms with van der Waals surface area (Å²) in [4.78, 5) is 18.4. The maximum atomic E-state index is 12.4. The molecule has 1 aliphatic heterocycles. The fraction of sp³-hybridized carbons (Fsp3) is 0.333. The van der Waals surface area contributed by atoms with Gasteiger partial charge in [-0.25, -0.2) is 0 Å². The zero-order chi connectivity index (χ0) is 14.7. The van der Waals surface area contributed by atoms with Crippen molar-refractivity contribution in [2.45, 2.75) is 25.4 Å². The molecule has 0 radical (unpaired) electrons. The van der Waals surface area contributed by atoms with Crippen LogP contribution in [0.4, 0.5) is 5.69 Å². The fourth-order valence-corrected chi connectivity index (χ4v) is 2.86. The van der Waals surface area contributed by atoms with Crippen LogP contribution >= 0.6 is 11.6 Å². The van der Waals surface area contributed by atoms with Gasteiger partial charge in [0.05, 0.1) is 23.5 Å². The lowest BCUT2D eigenvalue weighted by Crippen LogP contribution is -2.43. The van der Waals surface area contributed by atoms with Crippen LogP contribution in [0, 0.1) is 0 Å². The van der Waals surface area contributed by atoms with E-state index >= 15 is 0 Å². The lowest BCUT2D eigenvalue weighted by molar-refractivity contribution is -0.122. The number of halogens is 1. The van der Waals surface area contributed by atoms with Gasteiger partial charge >= 0.3 is 0 Å². The number of anilines is 1. The van der Waals surface area contributed by atoms with Crippen LogP contribution in [0.3, 0.4) is 0 Å². The van der Waals surface area contributed by atoms with Crippen molar-refractivity contribution in [3.63, 3.8) is 0 Å². The number of aromatic nitrogens is 1. The standard InChI is InChI=1S/C15H16ClN3O2/c16-12-10-17-6-5-13(12)19-7-1-4-14(19)15(20)18-9-11-3-2-8-21-11/h2-3,5-6,8,10,14H,1,4,7,9H2,(H,18,20). The molecule has 1 saturated heterocycles. The Hall–Kier alpha value is -2.01. The molecular weight excluding hydrogens is 290 g/mol. The number of hydrogen-bond donors (Lipinski definition) is 1. The number of furan rings is 1. The third-order valence-electron chi connectivity index (χ3n) is 3.63. The number of nitrogens with zero attached hydrogens (tertiary/aromatic N) is 2. The number of rotatable bonds is 4. The summed E-state index contributed by atoms with van der Waals surface area (Å²) in [6.07, 6.45) is 6.69. The van der Waals surface area contributed by atoms with Crippen molar-refractivity contribution < 1.29 is 9.21 Å². The first-order chi connectivity index (χ1) is 10.3. The highest BCUT2D eigenvalue weighted by Crippen LogP contribution is 2.31. The maximum Gasteiger partial charge on any atom is 0.243 e. The molecule has 2 aromatic rings. The lowest BCUT2D eigenvalue weighted by Gasteiger charge is -2.26. The van der Waals surface area contributed by atoms with Gasteiger partial charge < -0.3 is 14.6 Å². The van der Waals surface area contributed by atoms with E-state index in [4.69, 9.17) is 16.0 Å². The van der Waals surface area contributed by atoms with Gasteiger partial charge in [0.15, 0.2) is 0 Å². The number of pyridine rings is 1. The third kappa shape index (κ3) is 3.03. The maximum absolute atomic E-state index is 12.4. The van der Waals surface area contributed by atoms with Crippen molar-refractivity contribution in [3.05, 3.63) is 47.6 Å². The molecule has 1 amide bonds. The molecule has 3 rings (SSSR count). The first kappa shape index (κ1) is 13.9. The molecular formula is C15H16ClN3O2. The molecule has 0 bridgehead atoms. The van der Waals surface area contributed by atoms with E-state index in [-0.39, 0.29) is 11.9 Å². The number of carbonyl (C=O) groups excluding carboxylic acids is 1. The molecule has 1 N–H and O–H groups in total. The largest absolute Gasteiger partial charge is 0.467 e. The van der Waals surface area contributed by atoms with Crippen LogP contribution in [0.5, 0.6) is 0 Å². The first-order valence-corrected chi connectivity index (χ1v) is 7.30. The van der Waals surface area contributed by atoms with E-state index in [1.807, 2.05) is 17.0 Å². The van der Waals surface area contributed by atoms with Crippen molar-refractivity contribution in [2.75, 3.05) is 11.4 Å². The molecule has 0 saturated carbocycles. The summed E-state index contributed by atoms with van der Waals surface area (Å²) in [5, 5.41) is 3.49. The molecule has 2 aromatic heterocycles. The molecule has 1 atom stereocenters. The average molecular weight is 306 g/mol. The predicted molar refractivity (Wildman–Crippen MR) is 80.2 cm³/mol. The van der Waals surface area contributed by atoms with Crippen LogP contribution in [0.25, 0.3) is 0 Å². The molecule has 0 aromatic carbocycles. The third-order valence-corrected chi connectivity index (χ3v) is 3.92. The summed E-state index contributed by atoms with van der Waals surface area (Å²) in [6.45, 7) is 1.23. The van der Waals surface area contributed by atoms with Crippen LogP contribution in [0.2, 0.25) is 5.02 Å². The Labute approximate surface area is 127 Å². The molecule has 0 aliphatic carbocycles. The fourth-order valence-electron chi connectivity index (χ4n) is 2.63. The molecule has 1 fully saturated rings. The van der Waals surface area contributed by atoms with Crippen LogP contribution < -0.4 is 10.2 Å². The number of amides is 1. The summed E-state index contributed by atoms with van der Waals surface area (Å²) in [6, 6.07) is 5.30. The summed E-state index contributed by atoms with van der Waals surface area (Å²) >= 11 is 6.18. The van der Waals surface area contributed by atoms with Gasteiger partial charge in [-0.2, -0.15) is 0 Å². The van der Waals surface area contributed by atoms with Gasteiger partial charge in [-0.05, 0) is 31.0 Å². The molecule has 21 heavy (non-hydrogen) atoms. The van der Waals surface area contributed by atoms with Crippen LogP contribution in [0.1, 0.15) is 18.6 Å². The van der Waals surface area contributed by atoms with Crippen molar-refractivity contribution >= 4 is 23.2 Å². The number of nitrogens with one attached hydrogen (secondary N) is 1. The van der Waals surface area contributed by atoms with Crippen LogP contribution in [-0.4, -0.2) is 23.5 Å². The monoisotopic (exact) mass is 305 g/mol. The van der Waals surface area contributed by atoms with E-state index < -0.39 is 0 Å². The smallest absolute Gasteiger partial charge is 0.243 e. The lowest BCUT2D eigenvalue weighted by atomic mass is 10.2. The minimum atomic E-state index is -0.195. The van der Waals surface area contributed by atoms with E-state index in [0.717, 1.165) is 30.8 Å². The van der Waals surface area contributed by atoms with Crippen LogP contribution in [-0.2, 0) is 11.3 Å². The Bertz CT molecular complexity index is 615. The second-order valence-corrected chi connectivity index (χ2v) is 5.38. The Morgan fingerprint density at radius 2 is 2.43 bits per heavy atom. The quantitative estimate of drug-likeness (QED) is 0.943. The number of hydrogen-bond acceptors (Lipinski definition) is 4. The molecule has 1 unspecified atom stereocenters. The highest BCUT2D eigenvalue weighted by molar-refractivity contribution is 6.33. The molecule has 3 heterocycles.